The number of hydrogen-bond acceptors (Lipinski definition) is 3. The Kier molecular flexibility index (Phi) is 3.16. The third-order valence-electron chi connectivity index (χ3n) is 2.65. The molecule has 0 atom stereocenters. The van der Waals surface area contributed by atoms with Crippen LogP contribution in [-0.2, 0) is 0 Å². The van der Waals surface area contributed by atoms with Crippen LogP contribution in [-0.4, -0.2) is 15.4 Å². The molecule has 4 nitrogen and oxygen atoms in total. The number of ether oxygens (including phenoxy) is 1. The lowest BCUT2D eigenvalue weighted by atomic mass is 10.1. The highest BCUT2D eigenvalue weighted by molar-refractivity contribution is 6.30. The minimum absolute atomic E-state index is 0.444. The number of halogens is 1. The zero-order chi connectivity index (χ0) is 13.1. The maximum absolute atomic E-state index is 5.87. The number of aromatic nitrogens is 3. The minimum atomic E-state index is 0.444. The summed E-state index contributed by atoms with van der Waals surface area (Å²) in [5.41, 5.74) is 2.21. The molecule has 0 aliphatic carbocycles. The Morgan fingerprint density at radius 2 is 1.53 bits per heavy atom. The van der Waals surface area contributed by atoms with E-state index in [9.17, 15) is 0 Å². The van der Waals surface area contributed by atoms with Crippen LogP contribution >= 0.6 is 11.6 Å². The van der Waals surface area contributed by atoms with Crippen LogP contribution in [0.3, 0.4) is 0 Å². The first kappa shape index (κ1) is 11.7. The van der Waals surface area contributed by atoms with E-state index in [1.165, 1.54) is 0 Å². The Morgan fingerprint density at radius 1 is 0.895 bits per heavy atom. The maximum Gasteiger partial charge on any atom is 0.258 e. The van der Waals surface area contributed by atoms with Crippen LogP contribution in [0.2, 0.25) is 5.02 Å². The molecule has 5 heteroatoms. The summed E-state index contributed by atoms with van der Waals surface area (Å²) in [5.74, 6) is 1.16. The molecule has 0 spiro atoms. The molecule has 3 aromatic rings. The van der Waals surface area contributed by atoms with Crippen LogP contribution in [0.1, 0.15) is 0 Å². The number of benzene rings is 2. The van der Waals surface area contributed by atoms with Crippen molar-refractivity contribution in [1.29, 1.82) is 0 Å². The zero-order valence-corrected chi connectivity index (χ0v) is 10.6. The Hall–Kier alpha value is -2.33. The lowest BCUT2D eigenvalue weighted by Crippen LogP contribution is -1.84. The minimum Gasteiger partial charge on any atom is -0.436 e. The predicted octanol–water partition coefficient (Wildman–Crippen LogP) is 3.92. The van der Waals surface area contributed by atoms with Crippen molar-refractivity contribution in [3.63, 3.8) is 0 Å². The van der Waals surface area contributed by atoms with Crippen LogP contribution in [0.15, 0.2) is 54.7 Å². The Bertz CT molecular complexity index is 648. The Labute approximate surface area is 115 Å². The molecule has 0 saturated heterocycles. The average Bonchev–Trinajstić information content (AvgIpc) is 2.94. The molecule has 1 N–H and O–H groups in total. The van der Waals surface area contributed by atoms with E-state index < -0.39 is 0 Å². The molecule has 19 heavy (non-hydrogen) atoms. The van der Waals surface area contributed by atoms with Crippen molar-refractivity contribution < 1.29 is 4.74 Å². The summed E-state index contributed by atoms with van der Waals surface area (Å²) >= 11 is 5.87. The summed E-state index contributed by atoms with van der Waals surface area (Å²) in [6, 6.07) is 15.5. The number of hydrogen-bond donors (Lipinski definition) is 1. The fourth-order valence-electron chi connectivity index (χ4n) is 1.72. The van der Waals surface area contributed by atoms with Gasteiger partial charge < -0.3 is 4.74 Å². The molecule has 0 radical (unpaired) electrons. The van der Waals surface area contributed by atoms with Crippen molar-refractivity contribution in [1.82, 2.24) is 15.4 Å². The molecule has 0 aliphatic rings. The van der Waals surface area contributed by atoms with Gasteiger partial charge in [0, 0.05) is 5.02 Å². The highest BCUT2D eigenvalue weighted by Crippen LogP contribution is 2.25. The van der Waals surface area contributed by atoms with Crippen LogP contribution in [0.25, 0.3) is 11.1 Å². The lowest BCUT2D eigenvalue weighted by molar-refractivity contribution is 0.461. The maximum atomic E-state index is 5.87. The van der Waals surface area contributed by atoms with Gasteiger partial charge in [-0.2, -0.15) is 0 Å². The van der Waals surface area contributed by atoms with Crippen molar-refractivity contribution in [2.24, 2.45) is 0 Å². The first-order chi connectivity index (χ1) is 9.31. The van der Waals surface area contributed by atoms with Gasteiger partial charge in [0.2, 0.25) is 0 Å². The second-order valence-corrected chi connectivity index (χ2v) is 4.38. The topological polar surface area (TPSA) is 50.8 Å². The van der Waals surface area contributed by atoms with E-state index >= 15 is 0 Å². The number of aromatic amines is 1. The van der Waals surface area contributed by atoms with Gasteiger partial charge >= 0.3 is 0 Å². The average molecular weight is 272 g/mol. The zero-order valence-electron chi connectivity index (χ0n) is 9.88. The highest BCUT2D eigenvalue weighted by Gasteiger charge is 2.01. The van der Waals surface area contributed by atoms with Gasteiger partial charge in [0.05, 0.1) is 6.20 Å². The van der Waals surface area contributed by atoms with E-state index in [2.05, 4.69) is 15.4 Å². The first-order valence-corrected chi connectivity index (χ1v) is 6.09. The van der Waals surface area contributed by atoms with E-state index in [0.717, 1.165) is 16.1 Å². The van der Waals surface area contributed by atoms with Gasteiger partial charge in [-0.05, 0) is 35.4 Å². The third-order valence-corrected chi connectivity index (χ3v) is 2.90. The van der Waals surface area contributed by atoms with Gasteiger partial charge in [0.25, 0.3) is 5.88 Å². The number of H-pyrrole nitrogens is 1. The highest BCUT2D eigenvalue weighted by atomic mass is 35.5. The van der Waals surface area contributed by atoms with Crippen molar-refractivity contribution in [2.45, 2.75) is 0 Å². The quantitative estimate of drug-likeness (QED) is 0.785. The summed E-state index contributed by atoms with van der Waals surface area (Å²) < 4.78 is 5.50. The summed E-state index contributed by atoms with van der Waals surface area (Å²) in [5, 5.41) is 10.7. The lowest BCUT2D eigenvalue weighted by Gasteiger charge is -2.04. The second kappa shape index (κ2) is 5.12. The van der Waals surface area contributed by atoms with Crippen molar-refractivity contribution in [3.8, 4) is 22.8 Å². The largest absolute Gasteiger partial charge is 0.436 e. The second-order valence-electron chi connectivity index (χ2n) is 3.95. The van der Waals surface area contributed by atoms with Gasteiger partial charge in [-0.15, -0.1) is 0 Å². The normalized spacial score (nSPS) is 10.4. The van der Waals surface area contributed by atoms with Gasteiger partial charge in [0.1, 0.15) is 5.75 Å². The van der Waals surface area contributed by atoms with Crippen LogP contribution in [0, 0.1) is 0 Å². The fourth-order valence-corrected chi connectivity index (χ4v) is 1.85. The molecule has 0 aliphatic heterocycles. The van der Waals surface area contributed by atoms with E-state index in [-0.39, 0.29) is 0 Å². The van der Waals surface area contributed by atoms with Crippen molar-refractivity contribution in [2.75, 3.05) is 0 Å². The van der Waals surface area contributed by atoms with E-state index in [1.54, 1.807) is 6.20 Å². The fraction of sp³-hybridized carbons (Fsp3) is 0. The van der Waals surface area contributed by atoms with E-state index in [0.29, 0.717) is 11.6 Å². The van der Waals surface area contributed by atoms with Crippen molar-refractivity contribution >= 4 is 11.6 Å². The molecule has 0 unspecified atom stereocenters. The Balaban J connectivity index is 1.80. The monoisotopic (exact) mass is 271 g/mol. The SMILES string of the molecule is Clc1ccc(-c2ccc(Oc3c[nH]nn3)cc2)cc1. The first-order valence-electron chi connectivity index (χ1n) is 5.71. The summed E-state index contributed by atoms with van der Waals surface area (Å²) in [6.07, 6.45) is 1.59. The van der Waals surface area contributed by atoms with Gasteiger partial charge in [0.15, 0.2) is 0 Å². The van der Waals surface area contributed by atoms with E-state index in [4.69, 9.17) is 16.3 Å². The van der Waals surface area contributed by atoms with Crippen molar-refractivity contribution in [3.05, 3.63) is 59.8 Å². The van der Waals surface area contributed by atoms with Crippen LogP contribution in [0.5, 0.6) is 11.6 Å². The molecule has 1 aromatic heterocycles. The number of nitrogens with zero attached hydrogens (tertiary/aromatic N) is 2. The predicted molar refractivity (Wildman–Crippen MR) is 73.3 cm³/mol. The number of nitrogens with one attached hydrogen (secondary N) is 1. The Morgan fingerprint density at radius 3 is 2.11 bits per heavy atom. The molecule has 1 heterocycles. The molecule has 0 saturated carbocycles. The number of rotatable bonds is 3. The smallest absolute Gasteiger partial charge is 0.258 e. The molecule has 3 rings (SSSR count). The molecule has 2 aromatic carbocycles. The van der Waals surface area contributed by atoms with Gasteiger partial charge in [-0.25, -0.2) is 0 Å². The molecular weight excluding hydrogens is 262 g/mol. The van der Waals surface area contributed by atoms with Crippen LogP contribution in [0.4, 0.5) is 0 Å². The molecule has 94 valence electrons. The van der Waals surface area contributed by atoms with E-state index in [1.807, 2.05) is 48.5 Å². The molecule has 0 fully saturated rings. The molecule has 0 amide bonds. The van der Waals surface area contributed by atoms with Gasteiger partial charge in [-0.1, -0.05) is 46.2 Å². The third kappa shape index (κ3) is 2.74. The standard InChI is InChI=1S/C14H10ClN3O/c15-12-5-1-10(2-6-12)11-3-7-13(8-4-11)19-14-9-16-18-17-14/h1-9H,(H,16,17,18). The molecular formula is C14H10ClN3O. The van der Waals surface area contributed by atoms with Crippen LogP contribution < -0.4 is 4.74 Å². The summed E-state index contributed by atoms with van der Waals surface area (Å²) in [6.45, 7) is 0. The summed E-state index contributed by atoms with van der Waals surface area (Å²) in [7, 11) is 0. The molecule has 0 bridgehead atoms. The summed E-state index contributed by atoms with van der Waals surface area (Å²) in [4.78, 5) is 0. The van der Waals surface area contributed by atoms with Gasteiger partial charge in [-0.3, -0.25) is 5.10 Å².